The van der Waals surface area contributed by atoms with E-state index < -0.39 is 35.9 Å². The van der Waals surface area contributed by atoms with Crippen molar-refractivity contribution in [3.8, 4) is 0 Å². The summed E-state index contributed by atoms with van der Waals surface area (Å²) in [5.74, 6) is -1.31. The Bertz CT molecular complexity index is 389. The maximum absolute atomic E-state index is 13.6. The van der Waals surface area contributed by atoms with Gasteiger partial charge in [0.1, 0.15) is 11.6 Å². The second-order valence-electron chi connectivity index (χ2n) is 5.43. The highest BCUT2D eigenvalue weighted by molar-refractivity contribution is 5.94. The summed E-state index contributed by atoms with van der Waals surface area (Å²) in [5.41, 5.74) is 4.90. The first-order valence-corrected chi connectivity index (χ1v) is 5.66. The second-order valence-corrected chi connectivity index (χ2v) is 5.43. The third kappa shape index (κ3) is 2.69. The number of alkyl halides is 1. The van der Waals surface area contributed by atoms with E-state index in [0.717, 1.165) is 4.90 Å². The number of β-lactam (4-membered cyclic amide) rings is 1. The summed E-state index contributed by atoms with van der Waals surface area (Å²) < 4.78 is 18.7. The summed E-state index contributed by atoms with van der Waals surface area (Å²) in [6.07, 6.45) is -1.67. The van der Waals surface area contributed by atoms with Crippen LogP contribution in [0.2, 0.25) is 0 Å². The molecule has 1 aliphatic heterocycles. The largest absolute Gasteiger partial charge is 0.458 e. The number of esters is 1. The molecule has 0 saturated carbocycles. The van der Waals surface area contributed by atoms with Crippen LogP contribution in [0.1, 0.15) is 27.7 Å². The highest BCUT2D eigenvalue weighted by Gasteiger charge is 2.52. The fourth-order valence-electron chi connectivity index (χ4n) is 1.68. The molecule has 0 radical (unpaired) electrons. The van der Waals surface area contributed by atoms with E-state index in [1.165, 1.54) is 0 Å². The highest BCUT2D eigenvalue weighted by atomic mass is 19.1. The molecule has 3 unspecified atom stereocenters. The molecule has 0 aromatic carbocycles. The number of likely N-dealkylation sites (tertiary alicyclic amines) is 1. The van der Waals surface area contributed by atoms with Gasteiger partial charge < -0.3 is 10.5 Å². The van der Waals surface area contributed by atoms with Crippen molar-refractivity contribution >= 4 is 11.9 Å². The smallest absolute Gasteiger partial charge is 0.333 e. The quantitative estimate of drug-likeness (QED) is 0.351. The lowest BCUT2D eigenvalue weighted by molar-refractivity contribution is -0.179. The van der Waals surface area contributed by atoms with Crippen LogP contribution in [0.5, 0.6) is 0 Å². The number of amides is 1. The summed E-state index contributed by atoms with van der Waals surface area (Å²) in [4.78, 5) is 24.2. The van der Waals surface area contributed by atoms with Gasteiger partial charge in [0.2, 0.25) is 5.91 Å². The van der Waals surface area contributed by atoms with E-state index in [9.17, 15) is 14.0 Å². The predicted octanol–water partition coefficient (Wildman–Crippen LogP) is 0.738. The van der Waals surface area contributed by atoms with E-state index in [1.54, 1.807) is 27.7 Å². The second kappa shape index (κ2) is 4.68. The Balaban J connectivity index is 2.88. The Morgan fingerprint density at radius 3 is 2.39 bits per heavy atom. The van der Waals surface area contributed by atoms with Gasteiger partial charge in [0.15, 0.2) is 12.3 Å². The summed E-state index contributed by atoms with van der Waals surface area (Å²) in [6, 6.07) is -2.32. The number of hydrogen-bond acceptors (Lipinski definition) is 4. The summed E-state index contributed by atoms with van der Waals surface area (Å²) in [6.45, 7) is 10.2. The zero-order valence-corrected chi connectivity index (χ0v) is 11.1. The van der Waals surface area contributed by atoms with Crippen molar-refractivity contribution in [2.45, 2.75) is 51.7 Å². The molecule has 1 heterocycles. The van der Waals surface area contributed by atoms with Gasteiger partial charge in [-0.2, -0.15) is 0 Å². The number of halogens is 1. The lowest BCUT2D eigenvalue weighted by Gasteiger charge is -2.44. The first kappa shape index (κ1) is 14.6. The van der Waals surface area contributed by atoms with Crippen molar-refractivity contribution < 1.29 is 18.7 Å². The SMILES string of the molecule is C=C(C)C(C(=O)OC(C)(C)C)N1C(=O)C(N)C1F. The minimum Gasteiger partial charge on any atom is -0.458 e. The van der Waals surface area contributed by atoms with Crippen LogP contribution < -0.4 is 5.73 Å². The first-order chi connectivity index (χ1) is 8.06. The summed E-state index contributed by atoms with van der Waals surface area (Å²) in [5, 5.41) is 0. The number of nitrogens with zero attached hydrogens (tertiary/aromatic N) is 1. The van der Waals surface area contributed by atoms with Gasteiger partial charge in [-0.25, -0.2) is 9.18 Å². The standard InChI is InChI=1S/C12H19FN2O3/c1-6(2)8(11(17)18-12(3,4)5)15-9(13)7(14)10(15)16/h7-9H,1,14H2,2-5H3. The zero-order chi connectivity index (χ0) is 14.2. The van der Waals surface area contributed by atoms with Crippen molar-refractivity contribution in [3.63, 3.8) is 0 Å². The molecule has 0 bridgehead atoms. The van der Waals surface area contributed by atoms with E-state index in [1.807, 2.05) is 0 Å². The van der Waals surface area contributed by atoms with Crippen LogP contribution >= 0.6 is 0 Å². The fraction of sp³-hybridized carbons (Fsp3) is 0.667. The minimum atomic E-state index is -1.67. The van der Waals surface area contributed by atoms with Crippen molar-refractivity contribution in [2.75, 3.05) is 0 Å². The van der Waals surface area contributed by atoms with Crippen LogP contribution in [-0.2, 0) is 14.3 Å². The monoisotopic (exact) mass is 258 g/mol. The van der Waals surface area contributed by atoms with Gasteiger partial charge in [-0.05, 0) is 33.3 Å². The molecule has 5 nitrogen and oxygen atoms in total. The van der Waals surface area contributed by atoms with Gasteiger partial charge >= 0.3 is 5.97 Å². The summed E-state index contributed by atoms with van der Waals surface area (Å²) >= 11 is 0. The Hall–Kier alpha value is -1.43. The van der Waals surface area contributed by atoms with Crippen molar-refractivity contribution in [1.29, 1.82) is 0 Å². The average Bonchev–Trinajstić information content (AvgIpc) is 2.20. The van der Waals surface area contributed by atoms with Crippen LogP contribution in [0.3, 0.4) is 0 Å². The number of rotatable bonds is 3. The normalized spacial score (nSPS) is 25.4. The molecule has 1 rings (SSSR count). The van der Waals surface area contributed by atoms with Gasteiger partial charge in [0.25, 0.3) is 0 Å². The van der Waals surface area contributed by atoms with E-state index in [-0.39, 0.29) is 0 Å². The van der Waals surface area contributed by atoms with Gasteiger partial charge in [-0.3, -0.25) is 9.69 Å². The molecule has 0 aromatic heterocycles. The molecule has 1 saturated heterocycles. The maximum Gasteiger partial charge on any atom is 0.333 e. The van der Waals surface area contributed by atoms with Gasteiger partial charge in [0.05, 0.1) is 0 Å². The molecular formula is C12H19FN2O3. The molecule has 0 aromatic rings. The predicted molar refractivity (Wildman–Crippen MR) is 64.2 cm³/mol. The lowest BCUT2D eigenvalue weighted by atomic mass is 9.99. The van der Waals surface area contributed by atoms with Crippen molar-refractivity contribution in [3.05, 3.63) is 12.2 Å². The number of nitrogens with two attached hydrogens (primary N) is 1. The van der Waals surface area contributed by atoms with Crippen molar-refractivity contribution in [2.24, 2.45) is 5.73 Å². The van der Waals surface area contributed by atoms with E-state index in [4.69, 9.17) is 10.5 Å². The summed E-state index contributed by atoms with van der Waals surface area (Å²) in [7, 11) is 0. The Kier molecular flexibility index (Phi) is 3.81. The Labute approximate surface area is 106 Å². The molecule has 102 valence electrons. The van der Waals surface area contributed by atoms with Crippen LogP contribution in [0, 0.1) is 0 Å². The number of carbonyl (C=O) groups excluding carboxylic acids is 2. The molecule has 0 spiro atoms. The third-order valence-corrected chi connectivity index (χ3v) is 2.48. The van der Waals surface area contributed by atoms with Crippen LogP contribution in [0.25, 0.3) is 0 Å². The van der Waals surface area contributed by atoms with E-state index >= 15 is 0 Å². The molecule has 3 atom stereocenters. The van der Waals surface area contributed by atoms with Crippen LogP contribution in [-0.4, -0.2) is 40.8 Å². The topological polar surface area (TPSA) is 72.6 Å². The van der Waals surface area contributed by atoms with Crippen molar-refractivity contribution in [1.82, 2.24) is 4.90 Å². The Morgan fingerprint density at radius 1 is 1.56 bits per heavy atom. The maximum atomic E-state index is 13.6. The first-order valence-electron chi connectivity index (χ1n) is 5.66. The lowest BCUT2D eigenvalue weighted by Crippen LogP contribution is -2.71. The third-order valence-electron chi connectivity index (χ3n) is 2.48. The van der Waals surface area contributed by atoms with Crippen LogP contribution in [0.4, 0.5) is 4.39 Å². The average molecular weight is 258 g/mol. The molecule has 0 aliphatic carbocycles. The number of ether oxygens (including phenoxy) is 1. The molecule has 18 heavy (non-hydrogen) atoms. The van der Waals surface area contributed by atoms with Gasteiger partial charge in [0, 0.05) is 0 Å². The molecule has 6 heteroatoms. The molecular weight excluding hydrogens is 239 g/mol. The fourth-order valence-corrected chi connectivity index (χ4v) is 1.68. The molecule has 2 N–H and O–H groups in total. The molecule has 1 amide bonds. The van der Waals surface area contributed by atoms with Crippen LogP contribution in [0.15, 0.2) is 12.2 Å². The minimum absolute atomic E-state index is 0.340. The van der Waals surface area contributed by atoms with E-state index in [0.29, 0.717) is 5.57 Å². The Morgan fingerprint density at radius 2 is 2.06 bits per heavy atom. The van der Waals surface area contributed by atoms with Gasteiger partial charge in [-0.15, -0.1) is 0 Å². The van der Waals surface area contributed by atoms with Gasteiger partial charge in [-0.1, -0.05) is 6.58 Å². The number of hydrogen-bond donors (Lipinski definition) is 1. The molecule has 1 fully saturated rings. The highest BCUT2D eigenvalue weighted by Crippen LogP contribution is 2.27. The zero-order valence-electron chi connectivity index (χ0n) is 11.1. The molecule has 1 aliphatic rings. The van der Waals surface area contributed by atoms with E-state index in [2.05, 4.69) is 6.58 Å². The number of carbonyl (C=O) groups is 2.